The third-order valence-corrected chi connectivity index (χ3v) is 6.05. The van der Waals surface area contributed by atoms with Crippen LogP contribution in [0.2, 0.25) is 0 Å². The standard InChI is InChI=1S/C22H19FINO6S/c1-3-30-19(26)11-25-21(27)18(32-22(25)28)10-13-8-16(24)20(17(9-13)29-2)31-12-14-6-4-5-7-15(14)23/h4-10H,3,11-12H2,1-2H3/b18-10+. The number of nitrogens with zero attached hydrogens (tertiary/aromatic N) is 1. The van der Waals surface area contributed by atoms with E-state index in [0.717, 1.165) is 16.7 Å². The van der Waals surface area contributed by atoms with Crippen LogP contribution in [0.4, 0.5) is 9.18 Å². The highest BCUT2D eigenvalue weighted by atomic mass is 127. The number of halogens is 2. The van der Waals surface area contributed by atoms with Crippen LogP contribution in [-0.2, 0) is 20.9 Å². The van der Waals surface area contributed by atoms with Crippen molar-refractivity contribution < 1.29 is 33.0 Å². The van der Waals surface area contributed by atoms with Gasteiger partial charge in [-0.25, -0.2) is 4.39 Å². The lowest BCUT2D eigenvalue weighted by Crippen LogP contribution is -2.34. The maximum absolute atomic E-state index is 13.9. The Kier molecular flexibility index (Phi) is 8.13. The number of carbonyl (C=O) groups is 3. The number of carbonyl (C=O) groups excluding carboxylic acids is 3. The fourth-order valence-corrected chi connectivity index (χ4v) is 4.47. The van der Waals surface area contributed by atoms with E-state index in [1.54, 1.807) is 43.3 Å². The number of hydrogen-bond donors (Lipinski definition) is 0. The number of ether oxygens (including phenoxy) is 3. The van der Waals surface area contributed by atoms with Gasteiger partial charge in [-0.1, -0.05) is 18.2 Å². The molecule has 0 radical (unpaired) electrons. The summed E-state index contributed by atoms with van der Waals surface area (Å²) < 4.78 is 30.6. The zero-order chi connectivity index (χ0) is 23.3. The number of benzene rings is 2. The van der Waals surface area contributed by atoms with E-state index in [1.165, 1.54) is 13.2 Å². The van der Waals surface area contributed by atoms with Crippen molar-refractivity contribution in [1.29, 1.82) is 0 Å². The molecule has 0 saturated carbocycles. The number of rotatable bonds is 8. The van der Waals surface area contributed by atoms with Crippen molar-refractivity contribution in [3.63, 3.8) is 0 Å². The maximum Gasteiger partial charge on any atom is 0.326 e. The third-order valence-electron chi connectivity index (χ3n) is 4.35. The van der Waals surface area contributed by atoms with Gasteiger partial charge in [-0.05, 0) is 71.1 Å². The Hall–Kier alpha value is -2.60. The summed E-state index contributed by atoms with van der Waals surface area (Å²) in [5.41, 5.74) is 1.01. The van der Waals surface area contributed by atoms with Gasteiger partial charge in [0.2, 0.25) is 0 Å². The zero-order valence-corrected chi connectivity index (χ0v) is 20.2. The molecule has 1 fully saturated rings. The summed E-state index contributed by atoms with van der Waals surface area (Å²) >= 11 is 2.80. The molecule has 1 saturated heterocycles. The van der Waals surface area contributed by atoms with Gasteiger partial charge in [-0.3, -0.25) is 19.3 Å². The monoisotopic (exact) mass is 571 g/mol. The van der Waals surface area contributed by atoms with Crippen molar-refractivity contribution in [1.82, 2.24) is 4.90 Å². The molecule has 168 valence electrons. The quantitative estimate of drug-likeness (QED) is 0.260. The van der Waals surface area contributed by atoms with Gasteiger partial charge in [0.05, 0.1) is 22.2 Å². The highest BCUT2D eigenvalue weighted by Crippen LogP contribution is 2.37. The van der Waals surface area contributed by atoms with Gasteiger partial charge in [-0.15, -0.1) is 0 Å². The van der Waals surface area contributed by atoms with E-state index in [1.807, 2.05) is 0 Å². The van der Waals surface area contributed by atoms with E-state index in [0.29, 0.717) is 26.2 Å². The average molecular weight is 571 g/mol. The Morgan fingerprint density at radius 3 is 2.69 bits per heavy atom. The molecular weight excluding hydrogens is 552 g/mol. The molecule has 1 aliphatic heterocycles. The van der Waals surface area contributed by atoms with Crippen LogP contribution in [-0.4, -0.2) is 42.3 Å². The van der Waals surface area contributed by atoms with Gasteiger partial charge in [-0.2, -0.15) is 0 Å². The molecule has 2 amide bonds. The normalized spacial score (nSPS) is 14.8. The second-order valence-electron chi connectivity index (χ2n) is 6.49. The van der Waals surface area contributed by atoms with Crippen LogP contribution in [0, 0.1) is 9.39 Å². The molecule has 0 bridgehead atoms. The van der Waals surface area contributed by atoms with E-state index < -0.39 is 23.7 Å². The van der Waals surface area contributed by atoms with Crippen molar-refractivity contribution in [3.05, 3.63) is 61.8 Å². The highest BCUT2D eigenvalue weighted by Gasteiger charge is 2.36. The lowest BCUT2D eigenvalue weighted by atomic mass is 10.1. The summed E-state index contributed by atoms with van der Waals surface area (Å²) in [5.74, 6) is -0.753. The molecule has 0 atom stereocenters. The molecule has 1 aliphatic rings. The summed E-state index contributed by atoms with van der Waals surface area (Å²) in [6.07, 6.45) is 1.54. The van der Waals surface area contributed by atoms with E-state index in [4.69, 9.17) is 14.2 Å². The number of hydrogen-bond acceptors (Lipinski definition) is 7. The van der Waals surface area contributed by atoms with Crippen LogP contribution >= 0.6 is 34.4 Å². The molecule has 0 spiro atoms. The molecule has 2 aromatic rings. The second-order valence-corrected chi connectivity index (χ2v) is 8.64. The summed E-state index contributed by atoms with van der Waals surface area (Å²) in [6.45, 7) is 1.39. The Morgan fingerprint density at radius 2 is 2.00 bits per heavy atom. The minimum atomic E-state index is -0.649. The Labute approximate surface area is 202 Å². The average Bonchev–Trinajstić information content (AvgIpc) is 3.01. The number of imide groups is 1. The van der Waals surface area contributed by atoms with Gasteiger partial charge < -0.3 is 14.2 Å². The molecule has 0 aliphatic carbocycles. The maximum atomic E-state index is 13.9. The first-order valence-corrected chi connectivity index (χ1v) is 11.4. The van der Waals surface area contributed by atoms with Crippen molar-refractivity contribution in [3.8, 4) is 11.5 Å². The minimum Gasteiger partial charge on any atom is -0.493 e. The third kappa shape index (κ3) is 5.60. The first-order chi connectivity index (χ1) is 15.3. The topological polar surface area (TPSA) is 82.1 Å². The first kappa shape index (κ1) is 24.1. The Morgan fingerprint density at radius 1 is 1.25 bits per heavy atom. The summed E-state index contributed by atoms with van der Waals surface area (Å²) in [6, 6.07) is 9.72. The zero-order valence-electron chi connectivity index (χ0n) is 17.2. The molecule has 10 heteroatoms. The lowest BCUT2D eigenvalue weighted by Gasteiger charge is -2.14. The molecule has 32 heavy (non-hydrogen) atoms. The molecule has 0 aromatic heterocycles. The van der Waals surface area contributed by atoms with Crippen molar-refractivity contribution in [2.45, 2.75) is 13.5 Å². The van der Waals surface area contributed by atoms with E-state index in [-0.39, 0.29) is 23.9 Å². The molecular formula is C22H19FINO6S. The first-order valence-electron chi connectivity index (χ1n) is 9.48. The lowest BCUT2D eigenvalue weighted by molar-refractivity contribution is -0.145. The summed E-state index contributed by atoms with van der Waals surface area (Å²) in [4.78, 5) is 37.4. The van der Waals surface area contributed by atoms with Crippen LogP contribution in [0.3, 0.4) is 0 Å². The minimum absolute atomic E-state index is 0.0190. The van der Waals surface area contributed by atoms with Crippen LogP contribution in [0.25, 0.3) is 6.08 Å². The molecule has 3 rings (SSSR count). The van der Waals surface area contributed by atoms with Crippen LogP contribution in [0.1, 0.15) is 18.1 Å². The SMILES string of the molecule is CCOC(=O)CN1C(=O)S/C(=C/c2cc(I)c(OCc3ccccc3F)c(OC)c2)C1=O. The summed E-state index contributed by atoms with van der Waals surface area (Å²) in [7, 11) is 1.47. The molecule has 2 aromatic carbocycles. The number of methoxy groups -OCH3 is 1. The van der Waals surface area contributed by atoms with E-state index in [9.17, 15) is 18.8 Å². The van der Waals surface area contributed by atoms with Crippen LogP contribution < -0.4 is 9.47 Å². The molecule has 0 N–H and O–H groups in total. The smallest absolute Gasteiger partial charge is 0.326 e. The van der Waals surface area contributed by atoms with Crippen LogP contribution in [0.15, 0.2) is 41.3 Å². The van der Waals surface area contributed by atoms with Gasteiger partial charge in [0, 0.05) is 5.56 Å². The van der Waals surface area contributed by atoms with Crippen molar-refractivity contribution in [2.75, 3.05) is 20.3 Å². The largest absolute Gasteiger partial charge is 0.493 e. The predicted molar refractivity (Wildman–Crippen MR) is 126 cm³/mol. The number of amides is 2. The van der Waals surface area contributed by atoms with Gasteiger partial charge in [0.15, 0.2) is 11.5 Å². The van der Waals surface area contributed by atoms with Crippen molar-refractivity contribution in [2.24, 2.45) is 0 Å². The number of esters is 1. The van der Waals surface area contributed by atoms with Crippen molar-refractivity contribution >= 4 is 57.5 Å². The predicted octanol–water partition coefficient (Wildman–Crippen LogP) is 4.62. The fourth-order valence-electron chi connectivity index (χ4n) is 2.85. The van der Waals surface area contributed by atoms with Crippen LogP contribution in [0.5, 0.6) is 11.5 Å². The van der Waals surface area contributed by atoms with E-state index in [2.05, 4.69) is 22.6 Å². The van der Waals surface area contributed by atoms with E-state index >= 15 is 0 Å². The Bertz CT molecular complexity index is 1090. The number of thioether (sulfide) groups is 1. The van der Waals surface area contributed by atoms with Gasteiger partial charge >= 0.3 is 5.97 Å². The van der Waals surface area contributed by atoms with Gasteiger partial charge in [0.25, 0.3) is 11.1 Å². The molecule has 7 nitrogen and oxygen atoms in total. The fraction of sp³-hybridized carbons (Fsp3) is 0.227. The highest BCUT2D eigenvalue weighted by molar-refractivity contribution is 14.1. The van der Waals surface area contributed by atoms with Gasteiger partial charge in [0.1, 0.15) is 19.0 Å². The molecule has 0 unspecified atom stereocenters. The summed E-state index contributed by atoms with van der Waals surface area (Å²) in [5, 5.41) is -0.541. The second kappa shape index (κ2) is 10.8. The molecule has 1 heterocycles. The Balaban J connectivity index is 1.80.